The number of aromatic hydroxyl groups is 1. The van der Waals surface area contributed by atoms with Crippen molar-refractivity contribution >= 4 is 33.3 Å². The Balaban J connectivity index is 0.000000188. The molecule has 3 fully saturated rings. The molecule has 1 unspecified atom stereocenters. The number of hydrogen-bond acceptors (Lipinski definition) is 8. The lowest BCUT2D eigenvalue weighted by Gasteiger charge is -2.52. The number of benzene rings is 8. The van der Waals surface area contributed by atoms with Crippen LogP contribution < -0.4 is 23.8 Å². The molecule has 6 aliphatic rings. The van der Waals surface area contributed by atoms with Gasteiger partial charge in [-0.2, -0.15) is 0 Å². The molecule has 440 valence electrons. The van der Waals surface area contributed by atoms with Gasteiger partial charge in [-0.15, -0.1) is 0 Å². The van der Waals surface area contributed by atoms with Crippen molar-refractivity contribution in [3.8, 4) is 51.0 Å². The summed E-state index contributed by atoms with van der Waals surface area (Å²) >= 11 is 0. The van der Waals surface area contributed by atoms with Crippen LogP contribution in [0.2, 0.25) is 0 Å². The minimum Gasteiger partial charge on any atom is -0.507 e. The number of ether oxygens (including phenoxy) is 5. The van der Waals surface area contributed by atoms with Crippen LogP contribution in [-0.2, 0) is 21.2 Å². The number of rotatable bonds is 8. The van der Waals surface area contributed by atoms with E-state index in [9.17, 15) is 10.2 Å². The fourth-order valence-electron chi connectivity index (χ4n) is 18.2. The van der Waals surface area contributed by atoms with Crippen LogP contribution in [-0.4, -0.2) is 63.9 Å². The second-order valence-corrected chi connectivity index (χ2v) is 29.0. The predicted molar refractivity (Wildman–Crippen MR) is 346 cm³/mol. The molecule has 0 aromatic heterocycles. The zero-order valence-corrected chi connectivity index (χ0v) is 52.1. The molecule has 2 saturated carbocycles. The molecule has 8 aromatic rings. The molecule has 1 atom stereocenters. The number of morpholine rings is 1. The molecule has 0 radical (unpaired) electrons. The van der Waals surface area contributed by atoms with E-state index in [1.54, 1.807) is 14.2 Å². The summed E-state index contributed by atoms with van der Waals surface area (Å²) < 4.78 is 30.5. The van der Waals surface area contributed by atoms with Crippen molar-refractivity contribution in [3.63, 3.8) is 0 Å². The molecular weight excluding hydrogens is 1050 g/mol. The van der Waals surface area contributed by atoms with Gasteiger partial charge >= 0.3 is 0 Å². The number of phenolic OH excluding ortho intramolecular Hbond substituents is 1. The third kappa shape index (κ3) is 9.56. The van der Waals surface area contributed by atoms with E-state index in [0.717, 1.165) is 96.5 Å². The zero-order chi connectivity index (χ0) is 59.6. The number of hydrogen-bond donors (Lipinski definition) is 2. The van der Waals surface area contributed by atoms with Crippen LogP contribution >= 0.6 is 0 Å². The predicted octanol–water partition coefficient (Wildman–Crippen LogP) is 17.6. The van der Waals surface area contributed by atoms with Crippen LogP contribution in [0.15, 0.2) is 133 Å². The molecule has 4 aliphatic carbocycles. The Kier molecular flexibility index (Phi) is 13.7. The van der Waals surface area contributed by atoms with Crippen molar-refractivity contribution in [1.82, 2.24) is 0 Å². The van der Waals surface area contributed by atoms with Gasteiger partial charge in [-0.05, 0) is 202 Å². The van der Waals surface area contributed by atoms with Gasteiger partial charge in [0.1, 0.15) is 35.4 Å². The van der Waals surface area contributed by atoms with Gasteiger partial charge in [0, 0.05) is 57.1 Å². The standard InChI is InChI=1S/C49H53NO5.C28H32O2/c1-32-7-17-39-42(27-32)48(30-46(2,3)29-47(4,5)31-48)44-40-19-20-49(34-10-14-36(15-11-34)54-26-23-51,33-8-12-35(13-9-33)50-21-24-53-25-22-50)55-45(40)41-28-37(52-6)16-18-38(41)43(39)44;1-17-7-9-20-22(11-17)28(15-26(2,3)14-27(4,5)16-28)23-13-24(29)21-12-18(30-6)8-10-19(21)25(20)23/h7-20,27-28,51H,21-26,29-31H2,1-6H3;7-13,29H,14-16H2,1-6H3. The first-order chi connectivity index (χ1) is 40.5. The topological polar surface area (TPSA) is 89.9 Å². The first-order valence-corrected chi connectivity index (χ1v) is 30.9. The molecule has 2 heterocycles. The summed E-state index contributed by atoms with van der Waals surface area (Å²) in [6, 6.07) is 45.8. The minimum absolute atomic E-state index is 0.0377. The summed E-state index contributed by atoms with van der Waals surface area (Å²) in [5.41, 5.74) is 17.5. The van der Waals surface area contributed by atoms with Crippen molar-refractivity contribution in [3.05, 3.63) is 184 Å². The Hall–Kier alpha value is -7.26. The Morgan fingerprint density at radius 1 is 0.518 bits per heavy atom. The normalized spacial score (nSPS) is 21.0. The molecule has 8 nitrogen and oxygen atoms in total. The van der Waals surface area contributed by atoms with Crippen molar-refractivity contribution in [2.45, 2.75) is 124 Å². The molecule has 85 heavy (non-hydrogen) atoms. The first kappa shape index (κ1) is 56.8. The highest BCUT2D eigenvalue weighted by molar-refractivity contribution is 6.09. The van der Waals surface area contributed by atoms with Gasteiger partial charge in [-0.3, -0.25) is 0 Å². The van der Waals surface area contributed by atoms with E-state index in [1.807, 2.05) is 24.3 Å². The van der Waals surface area contributed by atoms with Crippen molar-refractivity contribution in [1.29, 1.82) is 0 Å². The summed E-state index contributed by atoms with van der Waals surface area (Å²) in [5.74, 6) is 3.53. The van der Waals surface area contributed by atoms with Gasteiger partial charge in [0.25, 0.3) is 0 Å². The smallest absolute Gasteiger partial charge is 0.178 e. The lowest BCUT2D eigenvalue weighted by Crippen LogP contribution is -2.44. The Morgan fingerprint density at radius 3 is 1.59 bits per heavy atom. The Morgan fingerprint density at radius 2 is 1.02 bits per heavy atom. The van der Waals surface area contributed by atoms with Crippen molar-refractivity contribution < 1.29 is 33.9 Å². The number of aryl methyl sites for hydroxylation is 2. The van der Waals surface area contributed by atoms with Gasteiger partial charge in [0.2, 0.25) is 0 Å². The van der Waals surface area contributed by atoms with Crippen LogP contribution in [0.25, 0.3) is 49.9 Å². The third-order valence-electron chi connectivity index (χ3n) is 19.8. The maximum atomic E-state index is 11.1. The average Bonchev–Trinajstić information content (AvgIpc) is 1.60. The van der Waals surface area contributed by atoms with Gasteiger partial charge in [0.15, 0.2) is 5.60 Å². The summed E-state index contributed by atoms with van der Waals surface area (Å²) in [6.45, 7) is 27.4. The number of fused-ring (bicyclic) bond motifs is 17. The highest BCUT2D eigenvalue weighted by Gasteiger charge is 2.57. The second kappa shape index (κ2) is 20.4. The van der Waals surface area contributed by atoms with Crippen LogP contribution in [0, 0.1) is 35.5 Å². The van der Waals surface area contributed by atoms with Crippen LogP contribution in [0.4, 0.5) is 5.69 Å². The first-order valence-electron chi connectivity index (χ1n) is 30.9. The number of aliphatic hydroxyl groups is 1. The van der Waals surface area contributed by atoms with Crippen molar-refractivity contribution in [2.75, 3.05) is 58.6 Å². The highest BCUT2D eigenvalue weighted by atomic mass is 16.5. The Labute approximate surface area is 503 Å². The monoisotopic (exact) mass is 1140 g/mol. The van der Waals surface area contributed by atoms with E-state index >= 15 is 0 Å². The van der Waals surface area contributed by atoms with E-state index < -0.39 is 5.60 Å². The SMILES string of the molecule is COc1ccc2c3c(c4c(c2c1)OC(c1ccc(OCCO)cc1)(c1ccc(N2CCOCC2)cc1)C=C4)C1(CC(C)(C)CC(C)(C)C1)c1cc(C)ccc1-3.COc1ccc2c3c(cc(O)c2c1)C1(CC(C)(C)CC(C)(C)C1)c1cc(C)ccc1-3. The molecule has 8 aromatic carbocycles. The van der Waals surface area contributed by atoms with Crippen LogP contribution in [0.3, 0.4) is 0 Å². The third-order valence-corrected chi connectivity index (χ3v) is 19.8. The largest absolute Gasteiger partial charge is 0.507 e. The number of methoxy groups -OCH3 is 2. The summed E-state index contributed by atoms with van der Waals surface area (Å²) in [5, 5.41) is 24.8. The molecule has 14 rings (SSSR count). The van der Waals surface area contributed by atoms with E-state index in [2.05, 4.69) is 189 Å². The molecule has 2 spiro atoms. The number of anilines is 1. The quantitative estimate of drug-likeness (QED) is 0.156. The Bertz CT molecular complexity index is 3940. The van der Waals surface area contributed by atoms with Crippen molar-refractivity contribution in [2.24, 2.45) is 21.7 Å². The molecule has 2 N–H and O–H groups in total. The summed E-state index contributed by atoms with van der Waals surface area (Å²) in [6.07, 6.45) is 11.4. The number of aliphatic hydroxyl groups excluding tert-OH is 1. The summed E-state index contributed by atoms with van der Waals surface area (Å²) in [4.78, 5) is 2.38. The van der Waals surface area contributed by atoms with E-state index in [1.165, 1.54) is 85.1 Å². The van der Waals surface area contributed by atoms with E-state index in [-0.39, 0.29) is 45.7 Å². The van der Waals surface area contributed by atoms with Crippen LogP contribution in [0.1, 0.15) is 144 Å². The van der Waals surface area contributed by atoms with Gasteiger partial charge in [-0.25, -0.2) is 0 Å². The minimum atomic E-state index is -0.934. The maximum Gasteiger partial charge on any atom is 0.178 e. The molecule has 0 bridgehead atoms. The average molecular weight is 1140 g/mol. The van der Waals surface area contributed by atoms with E-state index in [0.29, 0.717) is 11.5 Å². The number of phenols is 1. The maximum absolute atomic E-state index is 11.1. The molecule has 2 aliphatic heterocycles. The van der Waals surface area contributed by atoms with Crippen LogP contribution in [0.5, 0.6) is 28.7 Å². The molecular formula is C77H85NO7. The highest BCUT2D eigenvalue weighted by Crippen LogP contribution is 2.68. The molecule has 8 heteroatoms. The van der Waals surface area contributed by atoms with E-state index in [4.69, 9.17) is 23.7 Å². The number of nitrogens with zero attached hydrogens (tertiary/aromatic N) is 1. The zero-order valence-electron chi connectivity index (χ0n) is 52.1. The van der Waals surface area contributed by atoms with Gasteiger partial charge in [0.05, 0.1) is 34.0 Å². The lowest BCUT2D eigenvalue weighted by atomic mass is 9.52. The molecule has 1 saturated heterocycles. The lowest BCUT2D eigenvalue weighted by molar-refractivity contribution is 0.0639. The molecule has 0 amide bonds. The fraction of sp³-hybridized carbons (Fsp3) is 0.403. The van der Waals surface area contributed by atoms with Gasteiger partial charge < -0.3 is 38.8 Å². The van der Waals surface area contributed by atoms with Gasteiger partial charge in [-0.1, -0.05) is 133 Å². The fourth-order valence-corrected chi connectivity index (χ4v) is 18.2. The second-order valence-electron chi connectivity index (χ2n) is 29.0. The summed E-state index contributed by atoms with van der Waals surface area (Å²) in [7, 11) is 3.41.